The van der Waals surface area contributed by atoms with Gasteiger partial charge in [-0.1, -0.05) is 18.2 Å². The first-order chi connectivity index (χ1) is 13.3. The number of carbonyl (C=O) groups is 1. The molecule has 1 aliphatic heterocycles. The first kappa shape index (κ1) is 17.9. The Bertz CT molecular complexity index is 898. The average molecular weight is 398 g/mol. The maximum Gasteiger partial charge on any atom is 0.257 e. The molecule has 8 heteroatoms. The molecule has 1 amide bonds. The number of thioether (sulfide) groups is 1. The van der Waals surface area contributed by atoms with Crippen LogP contribution in [0.2, 0.25) is 0 Å². The van der Waals surface area contributed by atoms with Crippen molar-refractivity contribution in [1.29, 1.82) is 0 Å². The van der Waals surface area contributed by atoms with Gasteiger partial charge in [-0.15, -0.1) is 11.3 Å². The molecule has 2 aromatic heterocycles. The van der Waals surface area contributed by atoms with Crippen LogP contribution in [0, 0.1) is 5.92 Å². The predicted molar refractivity (Wildman–Crippen MR) is 110 cm³/mol. The monoisotopic (exact) mass is 397 g/mol. The quantitative estimate of drug-likeness (QED) is 0.661. The van der Waals surface area contributed by atoms with E-state index in [0.29, 0.717) is 16.6 Å². The smallest absolute Gasteiger partial charge is 0.257 e. The molecule has 138 valence electrons. The number of anilines is 1. The van der Waals surface area contributed by atoms with Gasteiger partial charge in [-0.3, -0.25) is 10.1 Å². The maximum absolute atomic E-state index is 13.0. The van der Waals surface area contributed by atoms with E-state index >= 15 is 0 Å². The van der Waals surface area contributed by atoms with E-state index in [1.165, 1.54) is 17.7 Å². The molecule has 0 saturated carbocycles. The maximum atomic E-state index is 13.0. The van der Waals surface area contributed by atoms with E-state index in [0.717, 1.165) is 35.6 Å². The van der Waals surface area contributed by atoms with Crippen LogP contribution in [0.15, 0.2) is 54.6 Å². The second-order valence-corrected chi connectivity index (χ2v) is 8.33. The molecule has 0 atom stereocenters. The zero-order chi connectivity index (χ0) is 18.5. The lowest BCUT2D eigenvalue weighted by Gasteiger charge is -2.19. The summed E-state index contributed by atoms with van der Waals surface area (Å²) >= 11 is 3.40. The molecule has 27 heavy (non-hydrogen) atoms. The summed E-state index contributed by atoms with van der Waals surface area (Å²) in [6.45, 7) is 0. The average Bonchev–Trinajstić information content (AvgIpc) is 3.41. The van der Waals surface area contributed by atoms with Gasteiger partial charge < -0.3 is 0 Å². The molecule has 0 radical (unpaired) electrons. The number of allylic oxidation sites excluding steroid dienone is 1. The van der Waals surface area contributed by atoms with Crippen LogP contribution in [0.25, 0.3) is 11.3 Å². The lowest BCUT2D eigenvalue weighted by molar-refractivity contribution is -0.111. The minimum absolute atomic E-state index is 0.114. The fraction of sp³-hybridized carbons (Fsp3) is 0.263. The standard InChI is InChI=1S/C19H19N5OS2/c25-18(23-19-21-7-10-27-19)17(11-14-5-8-26-9-6-14)15-1-3-16(4-2-15)24-13-20-12-22-24/h1-4,7,10-14H,5-6,8-9H2,(H,21,23,25)/b17-11+. The molecule has 3 aromatic rings. The largest absolute Gasteiger partial charge is 0.298 e. The first-order valence-corrected chi connectivity index (χ1v) is 10.8. The van der Waals surface area contributed by atoms with Crippen molar-refractivity contribution in [2.24, 2.45) is 5.92 Å². The van der Waals surface area contributed by atoms with E-state index in [1.54, 1.807) is 17.2 Å². The van der Waals surface area contributed by atoms with Crippen molar-refractivity contribution in [2.45, 2.75) is 12.8 Å². The molecule has 1 saturated heterocycles. The molecule has 6 nitrogen and oxygen atoms in total. The van der Waals surface area contributed by atoms with E-state index < -0.39 is 0 Å². The molecule has 4 rings (SSSR count). The van der Waals surface area contributed by atoms with Crippen LogP contribution >= 0.6 is 23.1 Å². The van der Waals surface area contributed by atoms with Crippen LogP contribution in [-0.2, 0) is 4.79 Å². The predicted octanol–water partition coefficient (Wildman–Crippen LogP) is 3.89. The van der Waals surface area contributed by atoms with Gasteiger partial charge in [-0.05, 0) is 48.0 Å². The zero-order valence-electron chi connectivity index (χ0n) is 14.6. The number of thiazole rings is 1. The molecule has 0 bridgehead atoms. The lowest BCUT2D eigenvalue weighted by Crippen LogP contribution is -2.16. The summed E-state index contributed by atoms with van der Waals surface area (Å²) in [5.41, 5.74) is 2.50. The highest BCUT2D eigenvalue weighted by atomic mass is 32.2. The number of hydrogen-bond donors (Lipinski definition) is 1. The van der Waals surface area contributed by atoms with Crippen LogP contribution in [0.5, 0.6) is 0 Å². The van der Waals surface area contributed by atoms with Gasteiger partial charge in [-0.2, -0.15) is 16.9 Å². The Balaban J connectivity index is 1.62. The SMILES string of the molecule is O=C(Nc1nccs1)/C(=C/C1CCSCC1)c1ccc(-n2cncn2)cc1. The van der Waals surface area contributed by atoms with Gasteiger partial charge in [0.05, 0.1) is 5.69 Å². The van der Waals surface area contributed by atoms with Crippen molar-refractivity contribution in [2.75, 3.05) is 16.8 Å². The third-order valence-electron chi connectivity index (χ3n) is 4.43. The van der Waals surface area contributed by atoms with E-state index in [4.69, 9.17) is 0 Å². The van der Waals surface area contributed by atoms with Gasteiger partial charge in [0.2, 0.25) is 0 Å². The number of amides is 1. The van der Waals surface area contributed by atoms with Gasteiger partial charge in [0.1, 0.15) is 12.7 Å². The van der Waals surface area contributed by atoms with Gasteiger partial charge in [0.25, 0.3) is 5.91 Å². The van der Waals surface area contributed by atoms with Gasteiger partial charge in [0, 0.05) is 17.2 Å². The second kappa shape index (κ2) is 8.49. The highest BCUT2D eigenvalue weighted by molar-refractivity contribution is 7.99. The van der Waals surface area contributed by atoms with Gasteiger partial charge in [-0.25, -0.2) is 14.6 Å². The molecular formula is C19H19N5OS2. The Kier molecular flexibility index (Phi) is 5.64. The Hall–Kier alpha value is -2.45. The Morgan fingerprint density at radius 1 is 1.22 bits per heavy atom. The number of carbonyl (C=O) groups excluding carboxylic acids is 1. The van der Waals surface area contributed by atoms with Crippen molar-refractivity contribution >= 4 is 39.7 Å². The first-order valence-electron chi connectivity index (χ1n) is 8.75. The van der Waals surface area contributed by atoms with Crippen molar-refractivity contribution in [1.82, 2.24) is 19.7 Å². The zero-order valence-corrected chi connectivity index (χ0v) is 16.2. The van der Waals surface area contributed by atoms with Crippen molar-refractivity contribution in [3.8, 4) is 5.69 Å². The minimum Gasteiger partial charge on any atom is -0.298 e. The number of hydrogen-bond acceptors (Lipinski definition) is 6. The normalized spacial score (nSPS) is 15.6. The molecule has 0 spiro atoms. The van der Waals surface area contributed by atoms with Crippen molar-refractivity contribution in [3.05, 3.63) is 60.1 Å². The Labute approximate surface area is 165 Å². The molecule has 1 aliphatic rings. The molecule has 0 unspecified atom stereocenters. The summed E-state index contributed by atoms with van der Waals surface area (Å²) in [5, 5.41) is 9.53. The summed E-state index contributed by atoms with van der Waals surface area (Å²) in [6.07, 6.45) is 9.19. The van der Waals surface area contributed by atoms with Crippen LogP contribution < -0.4 is 5.32 Å². The molecule has 0 aliphatic carbocycles. The summed E-state index contributed by atoms with van der Waals surface area (Å²) in [4.78, 5) is 21.1. The summed E-state index contributed by atoms with van der Waals surface area (Å²) in [6, 6.07) is 7.82. The molecule has 1 aromatic carbocycles. The summed E-state index contributed by atoms with van der Waals surface area (Å²) in [7, 11) is 0. The summed E-state index contributed by atoms with van der Waals surface area (Å²) < 4.78 is 1.70. The van der Waals surface area contributed by atoms with Crippen LogP contribution in [0.1, 0.15) is 18.4 Å². The topological polar surface area (TPSA) is 72.7 Å². The fourth-order valence-corrected chi connectivity index (χ4v) is 4.67. The molecule has 1 N–H and O–H groups in total. The number of aromatic nitrogens is 4. The number of nitrogens with one attached hydrogen (secondary N) is 1. The highest BCUT2D eigenvalue weighted by Gasteiger charge is 2.18. The van der Waals surface area contributed by atoms with E-state index in [-0.39, 0.29) is 5.91 Å². The van der Waals surface area contributed by atoms with Gasteiger partial charge >= 0.3 is 0 Å². The third kappa shape index (κ3) is 4.45. The van der Waals surface area contributed by atoms with E-state index in [2.05, 4.69) is 26.5 Å². The Morgan fingerprint density at radius 3 is 2.70 bits per heavy atom. The molecular weight excluding hydrogens is 378 g/mol. The van der Waals surface area contributed by atoms with Crippen molar-refractivity contribution in [3.63, 3.8) is 0 Å². The number of benzene rings is 1. The van der Waals surface area contributed by atoms with Gasteiger partial charge in [0.15, 0.2) is 5.13 Å². The Morgan fingerprint density at radius 2 is 2.04 bits per heavy atom. The lowest BCUT2D eigenvalue weighted by atomic mass is 9.95. The van der Waals surface area contributed by atoms with E-state index in [1.807, 2.05) is 41.4 Å². The third-order valence-corrected chi connectivity index (χ3v) is 6.16. The van der Waals surface area contributed by atoms with Crippen molar-refractivity contribution < 1.29 is 4.79 Å². The van der Waals surface area contributed by atoms with Crippen LogP contribution in [0.3, 0.4) is 0 Å². The highest BCUT2D eigenvalue weighted by Crippen LogP contribution is 2.28. The minimum atomic E-state index is -0.114. The van der Waals surface area contributed by atoms with E-state index in [9.17, 15) is 4.79 Å². The molecule has 1 fully saturated rings. The van der Waals surface area contributed by atoms with Crippen LogP contribution in [-0.4, -0.2) is 37.2 Å². The summed E-state index contributed by atoms with van der Waals surface area (Å²) in [5.74, 6) is 2.61. The van der Waals surface area contributed by atoms with Crippen LogP contribution in [0.4, 0.5) is 5.13 Å². The second-order valence-electron chi connectivity index (χ2n) is 6.21. The number of rotatable bonds is 5. The number of nitrogens with zero attached hydrogens (tertiary/aromatic N) is 4. The fourth-order valence-electron chi connectivity index (χ4n) is 3.01. The molecule has 3 heterocycles.